The number of thiophene rings is 1. The molecule has 3 aromatic heterocycles. The molecule has 6 nitrogen and oxygen atoms in total. The minimum absolute atomic E-state index is 0.149. The summed E-state index contributed by atoms with van der Waals surface area (Å²) in [6.07, 6.45) is 4.07. The molecule has 0 atom stereocenters. The Bertz CT molecular complexity index is 1220. The van der Waals surface area contributed by atoms with Crippen molar-refractivity contribution in [3.8, 4) is 0 Å². The van der Waals surface area contributed by atoms with Crippen LogP contribution in [0.3, 0.4) is 0 Å². The van der Waals surface area contributed by atoms with Gasteiger partial charge in [-0.2, -0.15) is 14.9 Å². The van der Waals surface area contributed by atoms with Crippen LogP contribution in [0.2, 0.25) is 0 Å². The molecule has 4 rings (SSSR count). The molecule has 0 spiro atoms. The van der Waals surface area contributed by atoms with Crippen LogP contribution in [-0.4, -0.2) is 25.7 Å². The van der Waals surface area contributed by atoms with Gasteiger partial charge in [-0.1, -0.05) is 37.3 Å². The Morgan fingerprint density at radius 3 is 2.75 bits per heavy atom. The van der Waals surface area contributed by atoms with Crippen LogP contribution in [0, 0.1) is 13.8 Å². The average molecular weight is 392 g/mol. The van der Waals surface area contributed by atoms with Crippen molar-refractivity contribution in [2.24, 2.45) is 5.10 Å². The Hall–Kier alpha value is -3.06. The highest BCUT2D eigenvalue weighted by Gasteiger charge is 2.11. The van der Waals surface area contributed by atoms with Crippen molar-refractivity contribution in [3.63, 3.8) is 0 Å². The molecular weight excluding hydrogens is 370 g/mol. The van der Waals surface area contributed by atoms with Crippen molar-refractivity contribution >= 4 is 27.8 Å². The summed E-state index contributed by atoms with van der Waals surface area (Å²) in [6, 6.07) is 12.1. The molecule has 0 saturated carbocycles. The van der Waals surface area contributed by atoms with Crippen molar-refractivity contribution in [2.75, 3.05) is 0 Å². The molecule has 7 heteroatoms. The fourth-order valence-corrected chi connectivity index (χ4v) is 4.07. The summed E-state index contributed by atoms with van der Waals surface area (Å²) in [5, 5.41) is 9.62. The summed E-state index contributed by atoms with van der Waals surface area (Å²) in [6.45, 7) is 6.73. The van der Waals surface area contributed by atoms with Gasteiger partial charge in [0.2, 0.25) is 0 Å². The van der Waals surface area contributed by atoms with Gasteiger partial charge in [-0.25, -0.2) is 4.98 Å². The first-order chi connectivity index (χ1) is 13.6. The molecule has 0 N–H and O–H groups in total. The average Bonchev–Trinajstić information content (AvgIpc) is 3.24. The number of hydrogen-bond acceptors (Lipinski definition) is 5. The Morgan fingerprint density at radius 2 is 2.00 bits per heavy atom. The summed E-state index contributed by atoms with van der Waals surface area (Å²) in [5.41, 5.74) is 3.84. The molecule has 0 aliphatic heterocycles. The largest absolute Gasteiger partial charge is 0.282 e. The zero-order valence-electron chi connectivity index (χ0n) is 16.1. The van der Waals surface area contributed by atoms with E-state index in [9.17, 15) is 4.79 Å². The lowest BCUT2D eigenvalue weighted by Gasteiger charge is -2.04. The van der Waals surface area contributed by atoms with Crippen LogP contribution in [-0.2, 0) is 13.0 Å². The van der Waals surface area contributed by atoms with E-state index < -0.39 is 0 Å². The normalized spacial score (nSPS) is 11.7. The Balaban J connectivity index is 1.66. The van der Waals surface area contributed by atoms with Crippen molar-refractivity contribution in [1.82, 2.24) is 19.4 Å². The number of benzene rings is 1. The molecule has 3 heterocycles. The number of rotatable bonds is 5. The summed E-state index contributed by atoms with van der Waals surface area (Å²) in [7, 11) is 0. The molecule has 0 bridgehead atoms. The molecular formula is C21H21N5OS. The quantitative estimate of drug-likeness (QED) is 0.487. The molecule has 0 amide bonds. The van der Waals surface area contributed by atoms with E-state index in [1.807, 2.05) is 42.8 Å². The molecule has 4 aromatic rings. The van der Waals surface area contributed by atoms with Gasteiger partial charge in [-0.3, -0.25) is 9.48 Å². The smallest absolute Gasteiger partial charge is 0.267 e. The monoisotopic (exact) mass is 391 g/mol. The molecule has 1 aromatic carbocycles. The summed E-state index contributed by atoms with van der Waals surface area (Å²) in [5.74, 6) is 0. The van der Waals surface area contributed by atoms with Gasteiger partial charge >= 0.3 is 0 Å². The van der Waals surface area contributed by atoms with Crippen molar-refractivity contribution < 1.29 is 0 Å². The highest BCUT2D eigenvalue weighted by atomic mass is 32.1. The molecule has 0 unspecified atom stereocenters. The first kappa shape index (κ1) is 18.3. The third kappa shape index (κ3) is 3.41. The van der Waals surface area contributed by atoms with Gasteiger partial charge in [-0.15, -0.1) is 11.3 Å². The zero-order chi connectivity index (χ0) is 19.7. The molecule has 0 fully saturated rings. The lowest BCUT2D eigenvalue weighted by molar-refractivity contribution is 0.659. The number of aromatic nitrogens is 4. The SMILES string of the molecule is CCc1cc2c(=O)n(/N=C\c3c(C)nn(Cc4ccccc4)c3C)cnc2s1. The van der Waals surface area contributed by atoms with Crippen molar-refractivity contribution in [2.45, 2.75) is 33.7 Å². The lowest BCUT2D eigenvalue weighted by atomic mass is 10.2. The van der Waals surface area contributed by atoms with E-state index in [2.05, 4.69) is 34.2 Å². The molecule has 0 aliphatic rings. The van der Waals surface area contributed by atoms with Gasteiger partial charge in [0.15, 0.2) is 0 Å². The molecule has 142 valence electrons. The van der Waals surface area contributed by atoms with E-state index in [1.165, 1.54) is 16.6 Å². The second kappa shape index (κ2) is 7.52. The minimum Gasteiger partial charge on any atom is -0.267 e. The van der Waals surface area contributed by atoms with E-state index in [0.29, 0.717) is 11.9 Å². The molecule has 0 saturated heterocycles. The second-order valence-corrected chi connectivity index (χ2v) is 7.77. The summed E-state index contributed by atoms with van der Waals surface area (Å²) in [4.78, 5) is 19.0. The maximum Gasteiger partial charge on any atom is 0.282 e. The van der Waals surface area contributed by atoms with E-state index in [4.69, 9.17) is 0 Å². The highest BCUT2D eigenvalue weighted by molar-refractivity contribution is 7.18. The van der Waals surface area contributed by atoms with E-state index in [1.54, 1.807) is 17.6 Å². The van der Waals surface area contributed by atoms with Crippen LogP contribution in [0.25, 0.3) is 10.2 Å². The number of nitrogens with zero attached hydrogens (tertiary/aromatic N) is 5. The summed E-state index contributed by atoms with van der Waals surface area (Å²) < 4.78 is 3.25. The highest BCUT2D eigenvalue weighted by Crippen LogP contribution is 2.21. The van der Waals surface area contributed by atoms with Crippen LogP contribution in [0.1, 0.15) is 34.3 Å². The Morgan fingerprint density at radius 1 is 1.21 bits per heavy atom. The fourth-order valence-electron chi connectivity index (χ4n) is 3.15. The van der Waals surface area contributed by atoms with Gasteiger partial charge in [0.1, 0.15) is 11.2 Å². The van der Waals surface area contributed by atoms with Crippen LogP contribution in [0.15, 0.2) is 52.6 Å². The number of hydrogen-bond donors (Lipinski definition) is 0. The number of fused-ring (bicyclic) bond motifs is 1. The molecule has 0 radical (unpaired) electrons. The first-order valence-electron chi connectivity index (χ1n) is 9.19. The van der Waals surface area contributed by atoms with E-state index in [0.717, 1.165) is 33.1 Å². The van der Waals surface area contributed by atoms with Crippen LogP contribution in [0.4, 0.5) is 0 Å². The molecule has 0 aliphatic carbocycles. The fraction of sp³-hybridized carbons (Fsp3) is 0.238. The van der Waals surface area contributed by atoms with E-state index >= 15 is 0 Å². The lowest BCUT2D eigenvalue weighted by Crippen LogP contribution is -2.16. The van der Waals surface area contributed by atoms with Gasteiger partial charge < -0.3 is 0 Å². The zero-order valence-corrected chi connectivity index (χ0v) is 16.9. The van der Waals surface area contributed by atoms with Crippen LogP contribution >= 0.6 is 11.3 Å². The van der Waals surface area contributed by atoms with Crippen LogP contribution in [0.5, 0.6) is 0 Å². The van der Waals surface area contributed by atoms with Gasteiger partial charge in [-0.05, 0) is 31.9 Å². The third-order valence-corrected chi connectivity index (χ3v) is 5.95. The summed E-state index contributed by atoms with van der Waals surface area (Å²) >= 11 is 1.55. The second-order valence-electron chi connectivity index (χ2n) is 6.65. The van der Waals surface area contributed by atoms with Gasteiger partial charge in [0.05, 0.1) is 23.8 Å². The predicted molar refractivity (Wildman–Crippen MR) is 113 cm³/mol. The Labute approximate surface area is 166 Å². The minimum atomic E-state index is -0.149. The van der Waals surface area contributed by atoms with Crippen molar-refractivity contribution in [1.29, 1.82) is 0 Å². The van der Waals surface area contributed by atoms with Gasteiger partial charge in [0, 0.05) is 16.1 Å². The molecule has 28 heavy (non-hydrogen) atoms. The standard InChI is InChI=1S/C21H21N5OS/c1-4-17-10-18-20(28-17)22-13-26(21(18)27)23-11-19-14(2)24-25(15(19)3)12-16-8-6-5-7-9-16/h5-11,13H,4,12H2,1-3H3/b23-11-. The van der Waals surface area contributed by atoms with Crippen molar-refractivity contribution in [3.05, 3.63) is 80.5 Å². The number of aryl methyl sites for hydroxylation is 2. The van der Waals surface area contributed by atoms with E-state index in [-0.39, 0.29) is 5.56 Å². The van der Waals surface area contributed by atoms with Crippen LogP contribution < -0.4 is 5.56 Å². The Kier molecular flexibility index (Phi) is 4.92. The maximum absolute atomic E-state index is 12.7. The first-order valence-corrected chi connectivity index (χ1v) is 10.0. The third-order valence-electron chi connectivity index (χ3n) is 4.76. The van der Waals surface area contributed by atoms with Gasteiger partial charge in [0.25, 0.3) is 5.56 Å². The predicted octanol–water partition coefficient (Wildman–Crippen LogP) is 3.76. The topological polar surface area (TPSA) is 65.1 Å². The maximum atomic E-state index is 12.7.